The predicted octanol–water partition coefficient (Wildman–Crippen LogP) is -0.807. The van der Waals surface area contributed by atoms with Crippen molar-refractivity contribution in [3.8, 4) is 0 Å². The Morgan fingerprint density at radius 2 is 1.69 bits per heavy atom. The third kappa shape index (κ3) is 0.588. The second-order valence-electron chi connectivity index (χ2n) is 4.78. The second kappa shape index (κ2) is 2.22. The van der Waals surface area contributed by atoms with E-state index in [1.165, 1.54) is 0 Å². The lowest BCUT2D eigenvalue weighted by Gasteiger charge is -2.30. The lowest BCUT2D eigenvalue weighted by Crippen LogP contribution is -2.50. The molecule has 0 N–H and O–H groups in total. The number of ether oxygens (including phenoxy) is 2. The molecular weight excluding hydrogens is 214 g/mol. The molecule has 6 heteroatoms. The standard InChI is InChI=1S/C10H8NO5/c12-7-9-3-11(14)4-10(9,8(13)16-7)6-2-1-5(9)15-6/h1-2,5-6H,3-4H2/q-1. The fourth-order valence-electron chi connectivity index (χ4n) is 3.59. The minimum absolute atomic E-state index is 0.0108. The van der Waals surface area contributed by atoms with Crippen LogP contribution in [0, 0.1) is 16.0 Å². The number of esters is 2. The summed E-state index contributed by atoms with van der Waals surface area (Å²) in [5, 5.41) is 12.3. The van der Waals surface area contributed by atoms with E-state index in [4.69, 9.17) is 9.47 Å². The summed E-state index contributed by atoms with van der Waals surface area (Å²) in [6.07, 6.45) is 2.52. The molecule has 16 heavy (non-hydrogen) atoms. The van der Waals surface area contributed by atoms with Crippen molar-refractivity contribution < 1.29 is 19.1 Å². The van der Waals surface area contributed by atoms with Gasteiger partial charge in [-0.2, -0.15) is 0 Å². The van der Waals surface area contributed by atoms with Crippen LogP contribution in [-0.2, 0) is 19.1 Å². The Morgan fingerprint density at radius 3 is 2.19 bits per heavy atom. The first-order valence-corrected chi connectivity index (χ1v) is 5.14. The number of fused-ring (bicyclic) bond motifs is 2. The van der Waals surface area contributed by atoms with E-state index in [0.717, 1.165) is 5.06 Å². The van der Waals surface area contributed by atoms with Gasteiger partial charge in [-0.15, -0.1) is 0 Å². The van der Waals surface area contributed by atoms with Gasteiger partial charge in [0.05, 0.1) is 12.2 Å². The molecule has 0 amide bonds. The molecule has 2 bridgehead atoms. The Bertz CT molecular complexity index is 422. The van der Waals surface area contributed by atoms with E-state index < -0.39 is 35.0 Å². The Labute approximate surface area is 90.4 Å². The average Bonchev–Trinajstić information content (AvgIpc) is 2.86. The van der Waals surface area contributed by atoms with Gasteiger partial charge in [0.1, 0.15) is 10.8 Å². The third-order valence-corrected chi connectivity index (χ3v) is 4.29. The molecule has 4 unspecified atom stereocenters. The molecule has 0 radical (unpaired) electrons. The maximum Gasteiger partial charge on any atom is 0.325 e. The molecule has 6 nitrogen and oxygen atoms in total. The number of carbonyl (C=O) groups excluding carboxylic acids is 2. The van der Waals surface area contributed by atoms with Gasteiger partial charge in [-0.3, -0.25) is 9.59 Å². The lowest BCUT2D eigenvalue weighted by molar-refractivity contribution is -0.161. The zero-order valence-electron chi connectivity index (χ0n) is 8.21. The van der Waals surface area contributed by atoms with Crippen molar-refractivity contribution in [2.24, 2.45) is 10.8 Å². The van der Waals surface area contributed by atoms with Crippen molar-refractivity contribution in [3.05, 3.63) is 17.4 Å². The highest BCUT2D eigenvalue weighted by atomic mass is 16.6. The highest BCUT2D eigenvalue weighted by molar-refractivity contribution is 6.05. The number of nitrogens with zero attached hydrogens (tertiary/aromatic N) is 1. The van der Waals surface area contributed by atoms with Crippen LogP contribution in [0.4, 0.5) is 0 Å². The molecule has 4 atom stereocenters. The number of hydroxylamine groups is 2. The maximum absolute atomic E-state index is 11.9. The second-order valence-corrected chi connectivity index (χ2v) is 4.78. The number of hydrogen-bond donors (Lipinski definition) is 0. The van der Waals surface area contributed by atoms with E-state index in [-0.39, 0.29) is 13.1 Å². The van der Waals surface area contributed by atoms with E-state index in [1.54, 1.807) is 12.2 Å². The van der Waals surface area contributed by atoms with Crippen molar-refractivity contribution in [2.45, 2.75) is 12.2 Å². The number of rotatable bonds is 0. The van der Waals surface area contributed by atoms with Gasteiger partial charge in [0.15, 0.2) is 0 Å². The van der Waals surface area contributed by atoms with E-state index in [0.29, 0.717) is 0 Å². The third-order valence-electron chi connectivity index (χ3n) is 4.29. The molecule has 0 spiro atoms. The van der Waals surface area contributed by atoms with Crippen molar-refractivity contribution in [1.29, 1.82) is 0 Å². The van der Waals surface area contributed by atoms with Crippen LogP contribution in [0.15, 0.2) is 12.2 Å². The molecule has 4 rings (SSSR count). The van der Waals surface area contributed by atoms with E-state index >= 15 is 0 Å². The van der Waals surface area contributed by atoms with Gasteiger partial charge in [0.25, 0.3) is 0 Å². The minimum atomic E-state index is -1.09. The molecule has 0 aromatic carbocycles. The van der Waals surface area contributed by atoms with Gasteiger partial charge >= 0.3 is 11.9 Å². The van der Waals surface area contributed by atoms with Crippen LogP contribution < -0.4 is 0 Å². The fourth-order valence-corrected chi connectivity index (χ4v) is 3.59. The van der Waals surface area contributed by atoms with Crippen molar-refractivity contribution in [1.82, 2.24) is 5.06 Å². The molecular formula is C10H8NO5-. The molecule has 0 aromatic rings. The molecule has 4 heterocycles. The first-order chi connectivity index (χ1) is 7.61. The summed E-state index contributed by atoms with van der Waals surface area (Å²) in [6.45, 7) is -0.0217. The summed E-state index contributed by atoms with van der Waals surface area (Å²) in [6, 6.07) is 0. The maximum atomic E-state index is 11.9. The van der Waals surface area contributed by atoms with Gasteiger partial charge in [-0.05, 0) is 0 Å². The van der Waals surface area contributed by atoms with Gasteiger partial charge in [-0.25, -0.2) is 0 Å². The quantitative estimate of drug-likeness (QED) is 0.303. The van der Waals surface area contributed by atoms with Gasteiger partial charge in [-0.1, -0.05) is 12.2 Å². The van der Waals surface area contributed by atoms with Crippen LogP contribution in [0.1, 0.15) is 0 Å². The van der Waals surface area contributed by atoms with Crippen molar-refractivity contribution in [2.75, 3.05) is 13.1 Å². The van der Waals surface area contributed by atoms with Crippen LogP contribution in [-0.4, -0.2) is 42.3 Å². The Kier molecular flexibility index (Phi) is 1.23. The Hall–Kier alpha value is -1.24. The SMILES string of the molecule is O=C1OC(=O)C23CN([O-])CC12C1C=CC3O1. The first kappa shape index (κ1) is 8.86. The summed E-state index contributed by atoms with van der Waals surface area (Å²) in [4.78, 5) is 23.8. The fraction of sp³-hybridized carbons (Fsp3) is 0.600. The van der Waals surface area contributed by atoms with Crippen LogP contribution in [0.5, 0.6) is 0 Å². The number of cyclic esters (lactones) is 2. The van der Waals surface area contributed by atoms with Crippen LogP contribution in [0.25, 0.3) is 0 Å². The summed E-state index contributed by atoms with van der Waals surface area (Å²) >= 11 is 0. The monoisotopic (exact) mass is 222 g/mol. The molecule has 4 aliphatic heterocycles. The average molecular weight is 222 g/mol. The van der Waals surface area contributed by atoms with Crippen molar-refractivity contribution in [3.63, 3.8) is 0 Å². The minimum Gasteiger partial charge on any atom is -0.785 e. The van der Waals surface area contributed by atoms with Gasteiger partial charge < -0.3 is 19.7 Å². The van der Waals surface area contributed by atoms with Crippen LogP contribution >= 0.6 is 0 Å². The van der Waals surface area contributed by atoms with Gasteiger partial charge in [0, 0.05) is 13.1 Å². The zero-order valence-corrected chi connectivity index (χ0v) is 8.21. The molecule has 3 saturated heterocycles. The first-order valence-electron chi connectivity index (χ1n) is 5.14. The number of hydrogen-bond acceptors (Lipinski definition) is 6. The van der Waals surface area contributed by atoms with Crippen LogP contribution in [0.2, 0.25) is 0 Å². The number of carbonyl (C=O) groups is 2. The summed E-state index contributed by atoms with van der Waals surface area (Å²) in [7, 11) is 0. The van der Waals surface area contributed by atoms with Gasteiger partial charge in [0.2, 0.25) is 0 Å². The predicted molar refractivity (Wildman–Crippen MR) is 48.7 cm³/mol. The molecule has 3 fully saturated rings. The highest BCUT2D eigenvalue weighted by Gasteiger charge is 2.82. The lowest BCUT2D eigenvalue weighted by atomic mass is 9.61. The van der Waals surface area contributed by atoms with Crippen molar-refractivity contribution >= 4 is 11.9 Å². The summed E-state index contributed by atoms with van der Waals surface area (Å²) in [5.74, 6) is -1.21. The van der Waals surface area contributed by atoms with E-state index in [1.807, 2.05) is 0 Å². The Morgan fingerprint density at radius 1 is 1.19 bits per heavy atom. The normalized spacial score (nSPS) is 53.3. The smallest absolute Gasteiger partial charge is 0.325 e. The zero-order chi connectivity index (χ0) is 11.1. The highest BCUT2D eigenvalue weighted by Crippen LogP contribution is 2.65. The summed E-state index contributed by atoms with van der Waals surface area (Å²) in [5.41, 5.74) is -2.18. The molecule has 4 aliphatic rings. The molecule has 0 aromatic heterocycles. The largest absolute Gasteiger partial charge is 0.785 e. The molecule has 0 aliphatic carbocycles. The molecule has 84 valence electrons. The molecule has 0 saturated carbocycles. The van der Waals surface area contributed by atoms with E-state index in [9.17, 15) is 14.8 Å². The van der Waals surface area contributed by atoms with Crippen LogP contribution in [0.3, 0.4) is 0 Å². The topological polar surface area (TPSA) is 78.9 Å². The summed E-state index contributed by atoms with van der Waals surface area (Å²) < 4.78 is 10.3. The Balaban J connectivity index is 2.02. The van der Waals surface area contributed by atoms with E-state index in [2.05, 4.69) is 0 Å².